The summed E-state index contributed by atoms with van der Waals surface area (Å²) >= 11 is 0. The molecule has 0 amide bonds. The second-order valence-corrected chi connectivity index (χ2v) is 12.6. The summed E-state index contributed by atoms with van der Waals surface area (Å²) in [5.41, 5.74) is 5.21. The van der Waals surface area contributed by atoms with Crippen molar-refractivity contribution in [1.82, 2.24) is 10.2 Å². The van der Waals surface area contributed by atoms with E-state index in [1.807, 2.05) is 30.3 Å². The maximum Gasteiger partial charge on any atom is 0.330 e. The summed E-state index contributed by atoms with van der Waals surface area (Å²) < 4.78 is 28.5. The molecule has 0 fully saturated rings. The van der Waals surface area contributed by atoms with Crippen molar-refractivity contribution in [2.75, 3.05) is 26.4 Å². The highest BCUT2D eigenvalue weighted by Crippen LogP contribution is 2.32. The molecule has 0 bridgehead atoms. The Morgan fingerprint density at radius 1 is 0.577 bits per heavy atom. The van der Waals surface area contributed by atoms with E-state index < -0.39 is 11.9 Å². The summed E-state index contributed by atoms with van der Waals surface area (Å²) in [5, 5.41) is 8.72. The van der Waals surface area contributed by atoms with Crippen molar-refractivity contribution in [1.29, 1.82) is 0 Å². The van der Waals surface area contributed by atoms with Gasteiger partial charge in [0.1, 0.15) is 11.5 Å². The minimum atomic E-state index is -0.395. The number of carbonyl (C=O) groups is 2. The van der Waals surface area contributed by atoms with Gasteiger partial charge in [0, 0.05) is 29.3 Å². The molecule has 3 aromatic carbocycles. The maximum atomic E-state index is 11.2. The summed E-state index contributed by atoms with van der Waals surface area (Å²) in [4.78, 5) is 22.4. The van der Waals surface area contributed by atoms with E-state index in [9.17, 15) is 9.59 Å². The highest BCUT2D eigenvalue weighted by Gasteiger charge is 2.14. The molecule has 0 aliphatic rings. The maximum absolute atomic E-state index is 11.2. The zero-order valence-corrected chi connectivity index (χ0v) is 30.5. The third kappa shape index (κ3) is 13.9. The molecule has 0 aliphatic carbocycles. The third-order valence-electron chi connectivity index (χ3n) is 8.48. The second kappa shape index (κ2) is 22.6. The van der Waals surface area contributed by atoms with Gasteiger partial charge in [-0.15, -0.1) is 10.2 Å². The SMILES string of the molecule is C=CC(=O)OCCCCCCOc1cc(OCCCCCCOC(=O)C=C)cc(-c2nnc(-c3ccc(-c4ccc(CCCCC)cc4)cc3)o2)c1. The molecule has 9 heteroatoms. The fraction of sp³-hybridized carbons (Fsp3) is 0.395. The average molecular weight is 709 g/mol. The van der Waals surface area contributed by atoms with Crippen LogP contribution in [0.5, 0.6) is 11.5 Å². The van der Waals surface area contributed by atoms with Crippen LogP contribution < -0.4 is 9.47 Å². The molecule has 0 N–H and O–H groups in total. The average Bonchev–Trinajstić information content (AvgIpc) is 3.68. The van der Waals surface area contributed by atoms with Crippen LogP contribution in [-0.2, 0) is 25.5 Å². The first-order valence-corrected chi connectivity index (χ1v) is 18.5. The predicted octanol–water partition coefficient (Wildman–Crippen LogP) is 10.1. The number of ether oxygens (including phenoxy) is 4. The highest BCUT2D eigenvalue weighted by atomic mass is 16.5. The van der Waals surface area contributed by atoms with Crippen LogP contribution in [-0.4, -0.2) is 48.6 Å². The molecule has 276 valence electrons. The number of benzene rings is 3. The Morgan fingerprint density at radius 2 is 1.04 bits per heavy atom. The molecular formula is C43H52N2O7. The van der Waals surface area contributed by atoms with E-state index >= 15 is 0 Å². The normalized spacial score (nSPS) is 10.8. The van der Waals surface area contributed by atoms with Crippen molar-refractivity contribution in [3.63, 3.8) is 0 Å². The summed E-state index contributed by atoms with van der Waals surface area (Å²) in [6.45, 7) is 10.9. The van der Waals surface area contributed by atoms with Crippen LogP contribution >= 0.6 is 0 Å². The third-order valence-corrected chi connectivity index (χ3v) is 8.48. The lowest BCUT2D eigenvalue weighted by Gasteiger charge is -2.12. The quantitative estimate of drug-likeness (QED) is 0.0377. The fourth-order valence-electron chi connectivity index (χ4n) is 5.53. The zero-order chi connectivity index (χ0) is 36.8. The smallest absolute Gasteiger partial charge is 0.330 e. The number of aryl methyl sites for hydroxylation is 1. The van der Waals surface area contributed by atoms with Gasteiger partial charge in [-0.1, -0.05) is 69.3 Å². The summed E-state index contributed by atoms with van der Waals surface area (Å²) in [7, 11) is 0. The van der Waals surface area contributed by atoms with Crippen LogP contribution in [0.1, 0.15) is 83.1 Å². The number of unbranched alkanes of at least 4 members (excludes halogenated alkanes) is 8. The lowest BCUT2D eigenvalue weighted by atomic mass is 10.0. The first-order chi connectivity index (χ1) is 25.5. The topological polar surface area (TPSA) is 110 Å². The van der Waals surface area contributed by atoms with Crippen LogP contribution in [0.25, 0.3) is 34.0 Å². The summed E-state index contributed by atoms with van der Waals surface area (Å²) in [6, 6.07) is 22.6. The van der Waals surface area contributed by atoms with Gasteiger partial charge < -0.3 is 23.4 Å². The molecule has 4 aromatic rings. The van der Waals surface area contributed by atoms with Gasteiger partial charge in [0.2, 0.25) is 11.8 Å². The number of nitrogens with zero attached hydrogens (tertiary/aromatic N) is 2. The number of esters is 2. The van der Waals surface area contributed by atoms with Crippen LogP contribution in [0.3, 0.4) is 0 Å². The minimum Gasteiger partial charge on any atom is -0.493 e. The summed E-state index contributed by atoms with van der Waals surface area (Å²) in [5.74, 6) is 1.31. The molecule has 0 saturated heterocycles. The van der Waals surface area contributed by atoms with Gasteiger partial charge in [-0.25, -0.2) is 9.59 Å². The number of hydrogen-bond donors (Lipinski definition) is 0. The second-order valence-electron chi connectivity index (χ2n) is 12.6. The Labute approximate surface area is 308 Å². The highest BCUT2D eigenvalue weighted by molar-refractivity contribution is 5.81. The van der Waals surface area contributed by atoms with Crippen LogP contribution in [0.4, 0.5) is 0 Å². The Hall–Kier alpha value is -5.18. The van der Waals surface area contributed by atoms with Crippen LogP contribution in [0, 0.1) is 0 Å². The van der Waals surface area contributed by atoms with Gasteiger partial charge in [-0.2, -0.15) is 0 Å². The van der Waals surface area contributed by atoms with Crippen molar-refractivity contribution < 1.29 is 33.0 Å². The lowest BCUT2D eigenvalue weighted by molar-refractivity contribution is -0.138. The predicted molar refractivity (Wildman–Crippen MR) is 204 cm³/mol. The van der Waals surface area contributed by atoms with Gasteiger partial charge in [-0.05, 0) is 105 Å². The standard InChI is InChI=1S/C43H52N2O7/c1-4-7-12-17-33-18-20-34(21-19-33)35-22-24-36(25-23-35)42-44-45-43(52-42)37-30-38(48-26-13-8-10-15-28-50-40(46)5-2)32-39(31-37)49-27-14-9-11-16-29-51-41(47)6-3/h5-6,18-25,30-32H,2-4,7-17,26-29H2,1H3. The zero-order valence-electron chi connectivity index (χ0n) is 30.5. The fourth-order valence-corrected chi connectivity index (χ4v) is 5.53. The number of rotatable bonds is 25. The molecular weight excluding hydrogens is 656 g/mol. The van der Waals surface area contributed by atoms with E-state index in [1.165, 1.54) is 42.5 Å². The molecule has 4 rings (SSSR count). The Balaban J connectivity index is 1.36. The summed E-state index contributed by atoms with van der Waals surface area (Å²) in [6.07, 6.45) is 14.2. The number of hydrogen-bond acceptors (Lipinski definition) is 9. The first-order valence-electron chi connectivity index (χ1n) is 18.5. The van der Waals surface area contributed by atoms with Gasteiger partial charge in [-0.3, -0.25) is 0 Å². The van der Waals surface area contributed by atoms with E-state index in [2.05, 4.69) is 66.7 Å². The Morgan fingerprint density at radius 3 is 1.54 bits per heavy atom. The van der Waals surface area contributed by atoms with Crippen LogP contribution in [0.15, 0.2) is 96.5 Å². The molecule has 9 nitrogen and oxygen atoms in total. The van der Waals surface area contributed by atoms with E-state index in [0.29, 0.717) is 55.3 Å². The molecule has 0 unspecified atom stereocenters. The largest absolute Gasteiger partial charge is 0.493 e. The molecule has 0 radical (unpaired) electrons. The van der Waals surface area contributed by atoms with Gasteiger partial charge >= 0.3 is 11.9 Å². The number of carbonyl (C=O) groups excluding carboxylic acids is 2. The van der Waals surface area contributed by atoms with Gasteiger partial charge in [0.25, 0.3) is 0 Å². The molecule has 0 spiro atoms. The first kappa shape index (κ1) is 39.6. The van der Waals surface area contributed by atoms with Crippen molar-refractivity contribution in [3.8, 4) is 45.5 Å². The van der Waals surface area contributed by atoms with E-state index in [4.69, 9.17) is 23.4 Å². The number of aromatic nitrogens is 2. The monoisotopic (exact) mass is 708 g/mol. The Bertz CT molecular complexity index is 1620. The Kier molecular flexibility index (Phi) is 17.2. The van der Waals surface area contributed by atoms with Crippen LogP contribution in [0.2, 0.25) is 0 Å². The van der Waals surface area contributed by atoms with E-state index in [-0.39, 0.29) is 0 Å². The van der Waals surface area contributed by atoms with E-state index in [1.54, 1.807) is 0 Å². The van der Waals surface area contributed by atoms with E-state index in [0.717, 1.165) is 68.9 Å². The molecule has 0 aliphatic heterocycles. The minimum absolute atomic E-state index is 0.371. The van der Waals surface area contributed by atoms with Crippen molar-refractivity contribution in [3.05, 3.63) is 97.6 Å². The molecule has 0 atom stereocenters. The lowest BCUT2D eigenvalue weighted by Crippen LogP contribution is -2.03. The molecule has 1 aromatic heterocycles. The van der Waals surface area contributed by atoms with Crippen molar-refractivity contribution in [2.45, 2.75) is 84.0 Å². The molecule has 1 heterocycles. The molecule has 52 heavy (non-hydrogen) atoms. The van der Waals surface area contributed by atoms with Gasteiger partial charge in [0.15, 0.2) is 0 Å². The van der Waals surface area contributed by atoms with Crippen molar-refractivity contribution >= 4 is 11.9 Å². The molecule has 0 saturated carbocycles. The van der Waals surface area contributed by atoms with Crippen molar-refractivity contribution in [2.24, 2.45) is 0 Å². The van der Waals surface area contributed by atoms with Gasteiger partial charge in [0.05, 0.1) is 26.4 Å².